The number of rotatable bonds is 5. The Morgan fingerprint density at radius 2 is 1.81 bits per heavy atom. The monoisotopic (exact) mass is 351 g/mol. The van der Waals surface area contributed by atoms with Gasteiger partial charge in [0.1, 0.15) is 22.1 Å². The fourth-order valence-corrected chi connectivity index (χ4v) is 2.64. The van der Waals surface area contributed by atoms with Crippen LogP contribution in [0.15, 0.2) is 22.8 Å². The molecule has 1 heterocycles. The van der Waals surface area contributed by atoms with Crippen LogP contribution in [0.4, 0.5) is 10.2 Å². The Morgan fingerprint density at radius 1 is 1.14 bits per heavy atom. The van der Waals surface area contributed by atoms with E-state index in [1.165, 1.54) is 0 Å². The van der Waals surface area contributed by atoms with E-state index < -0.39 is 0 Å². The maximum absolute atomic E-state index is 13.6. The lowest BCUT2D eigenvalue weighted by atomic mass is 10.1. The van der Waals surface area contributed by atoms with E-state index >= 15 is 0 Å². The maximum atomic E-state index is 13.6. The summed E-state index contributed by atoms with van der Waals surface area (Å²) < 4.78 is 14.4. The van der Waals surface area contributed by atoms with Gasteiger partial charge in [0.2, 0.25) is 0 Å². The Labute approximate surface area is 133 Å². The molecule has 0 radical (unpaired) electrons. The largest absolute Gasteiger partial charge is 0.366 e. The van der Waals surface area contributed by atoms with Crippen LogP contribution in [-0.4, -0.2) is 9.97 Å². The molecule has 3 nitrogen and oxygen atoms in total. The summed E-state index contributed by atoms with van der Waals surface area (Å²) in [4.78, 5) is 8.81. The summed E-state index contributed by atoms with van der Waals surface area (Å²) in [5, 5.41) is 3.27. The van der Waals surface area contributed by atoms with Crippen LogP contribution in [0.2, 0.25) is 0 Å². The smallest absolute Gasteiger partial charge is 0.132 e. The van der Waals surface area contributed by atoms with E-state index in [2.05, 4.69) is 38.1 Å². The first-order valence-electron chi connectivity index (χ1n) is 7.02. The van der Waals surface area contributed by atoms with Gasteiger partial charge in [-0.25, -0.2) is 14.4 Å². The lowest BCUT2D eigenvalue weighted by Crippen LogP contribution is -2.05. The molecule has 0 aliphatic rings. The van der Waals surface area contributed by atoms with E-state index in [1.807, 2.05) is 18.2 Å². The van der Waals surface area contributed by atoms with Gasteiger partial charge in [0.25, 0.3) is 0 Å². The van der Waals surface area contributed by atoms with Crippen LogP contribution >= 0.6 is 15.9 Å². The van der Waals surface area contributed by atoms with Crippen molar-refractivity contribution < 1.29 is 4.39 Å². The molecule has 0 fully saturated rings. The van der Waals surface area contributed by atoms with E-state index in [-0.39, 0.29) is 5.82 Å². The van der Waals surface area contributed by atoms with Gasteiger partial charge >= 0.3 is 0 Å². The van der Waals surface area contributed by atoms with Gasteiger partial charge in [-0.15, -0.1) is 0 Å². The molecule has 0 aliphatic heterocycles. The van der Waals surface area contributed by atoms with Crippen LogP contribution in [0.25, 0.3) is 0 Å². The predicted molar refractivity (Wildman–Crippen MR) is 86.9 cm³/mol. The molecule has 2 rings (SSSR count). The summed E-state index contributed by atoms with van der Waals surface area (Å²) in [6, 6.07) is 5.57. The second-order valence-electron chi connectivity index (χ2n) is 5.14. The third-order valence-corrected chi connectivity index (χ3v) is 3.59. The van der Waals surface area contributed by atoms with Crippen molar-refractivity contribution in [3.63, 3.8) is 0 Å². The van der Waals surface area contributed by atoms with Crippen molar-refractivity contribution in [1.82, 2.24) is 9.97 Å². The molecule has 2 aromatic rings. The zero-order valence-corrected chi connectivity index (χ0v) is 14.1. The highest BCUT2D eigenvalue weighted by Crippen LogP contribution is 2.17. The summed E-state index contributed by atoms with van der Waals surface area (Å²) >= 11 is 3.40. The molecule has 1 N–H and O–H groups in total. The molecule has 0 amide bonds. The van der Waals surface area contributed by atoms with Crippen molar-refractivity contribution >= 4 is 21.7 Å². The van der Waals surface area contributed by atoms with Gasteiger partial charge < -0.3 is 5.32 Å². The number of benzene rings is 1. The SMILES string of the molecule is CCCc1nc(Br)cc(NCc2cc(C)c(F)c(C)c2)n1. The Balaban J connectivity index is 2.12. The maximum Gasteiger partial charge on any atom is 0.132 e. The minimum Gasteiger partial charge on any atom is -0.366 e. The average Bonchev–Trinajstić information content (AvgIpc) is 2.42. The van der Waals surface area contributed by atoms with Crippen molar-refractivity contribution in [3.8, 4) is 0 Å². The number of nitrogens with one attached hydrogen (secondary N) is 1. The third-order valence-electron chi connectivity index (χ3n) is 3.18. The van der Waals surface area contributed by atoms with Crippen LogP contribution in [-0.2, 0) is 13.0 Å². The highest BCUT2D eigenvalue weighted by molar-refractivity contribution is 9.10. The number of aromatic nitrogens is 2. The summed E-state index contributed by atoms with van der Waals surface area (Å²) in [6.45, 7) is 6.28. The second-order valence-corrected chi connectivity index (χ2v) is 5.95. The fourth-order valence-electron chi connectivity index (χ4n) is 2.22. The molecule has 5 heteroatoms. The molecule has 0 bridgehead atoms. The summed E-state index contributed by atoms with van der Waals surface area (Å²) in [7, 11) is 0. The van der Waals surface area contributed by atoms with E-state index in [0.717, 1.165) is 34.7 Å². The van der Waals surface area contributed by atoms with Crippen molar-refractivity contribution in [2.75, 3.05) is 5.32 Å². The molecule has 0 saturated carbocycles. The van der Waals surface area contributed by atoms with Gasteiger partial charge in [-0.1, -0.05) is 19.1 Å². The lowest BCUT2D eigenvalue weighted by Gasteiger charge is -2.10. The van der Waals surface area contributed by atoms with Gasteiger partial charge in [0, 0.05) is 19.0 Å². The molecular formula is C16H19BrFN3. The Bertz CT molecular complexity index is 620. The fraction of sp³-hybridized carbons (Fsp3) is 0.375. The molecule has 0 aliphatic carbocycles. The number of hydrogen-bond donors (Lipinski definition) is 1. The Hall–Kier alpha value is -1.49. The standard InChI is InChI=1S/C16H19BrFN3/c1-4-5-14-20-13(17)8-15(21-14)19-9-12-6-10(2)16(18)11(3)7-12/h6-8H,4-5,9H2,1-3H3,(H,19,20,21). The van der Waals surface area contributed by atoms with Crippen LogP contribution in [0.3, 0.4) is 0 Å². The molecular weight excluding hydrogens is 333 g/mol. The van der Waals surface area contributed by atoms with E-state index in [4.69, 9.17) is 0 Å². The van der Waals surface area contributed by atoms with E-state index in [0.29, 0.717) is 17.7 Å². The van der Waals surface area contributed by atoms with Crippen LogP contribution < -0.4 is 5.32 Å². The van der Waals surface area contributed by atoms with Crippen molar-refractivity contribution in [3.05, 3.63) is 51.1 Å². The lowest BCUT2D eigenvalue weighted by molar-refractivity contribution is 0.608. The number of aryl methyl sites for hydroxylation is 3. The quantitative estimate of drug-likeness (QED) is 0.802. The van der Waals surface area contributed by atoms with Crippen molar-refractivity contribution in [1.29, 1.82) is 0 Å². The van der Waals surface area contributed by atoms with Crippen LogP contribution in [0.1, 0.15) is 35.9 Å². The normalized spacial score (nSPS) is 10.7. The molecule has 0 unspecified atom stereocenters. The number of hydrogen-bond acceptors (Lipinski definition) is 3. The van der Waals surface area contributed by atoms with Gasteiger partial charge in [0.05, 0.1) is 0 Å². The van der Waals surface area contributed by atoms with Gasteiger partial charge in [-0.05, 0) is 52.9 Å². The summed E-state index contributed by atoms with van der Waals surface area (Å²) in [5.74, 6) is 1.47. The molecule has 1 aromatic carbocycles. The molecule has 112 valence electrons. The molecule has 0 atom stereocenters. The minimum atomic E-state index is -0.131. The first-order valence-corrected chi connectivity index (χ1v) is 7.82. The zero-order chi connectivity index (χ0) is 15.4. The van der Waals surface area contributed by atoms with Gasteiger partial charge in [0.15, 0.2) is 0 Å². The highest BCUT2D eigenvalue weighted by Gasteiger charge is 2.06. The van der Waals surface area contributed by atoms with Crippen LogP contribution in [0, 0.1) is 19.7 Å². The topological polar surface area (TPSA) is 37.8 Å². The minimum absolute atomic E-state index is 0.131. The summed E-state index contributed by atoms with van der Waals surface area (Å²) in [6.07, 6.45) is 1.86. The van der Waals surface area contributed by atoms with Crippen molar-refractivity contribution in [2.24, 2.45) is 0 Å². The summed E-state index contributed by atoms with van der Waals surface area (Å²) in [5.41, 5.74) is 2.38. The average molecular weight is 352 g/mol. The highest BCUT2D eigenvalue weighted by atomic mass is 79.9. The second kappa shape index (κ2) is 6.98. The number of halogens is 2. The van der Waals surface area contributed by atoms with Crippen molar-refractivity contribution in [2.45, 2.75) is 40.2 Å². The molecule has 1 aromatic heterocycles. The number of anilines is 1. The third kappa shape index (κ3) is 4.24. The van der Waals surface area contributed by atoms with E-state index in [9.17, 15) is 4.39 Å². The molecule has 0 spiro atoms. The molecule has 21 heavy (non-hydrogen) atoms. The molecule has 0 saturated heterocycles. The zero-order valence-electron chi connectivity index (χ0n) is 12.5. The first-order chi connectivity index (χ1) is 9.99. The number of nitrogens with zero attached hydrogens (tertiary/aromatic N) is 2. The van der Waals surface area contributed by atoms with Gasteiger partial charge in [-0.3, -0.25) is 0 Å². The predicted octanol–water partition coefficient (Wildman–Crippen LogP) is 4.56. The van der Waals surface area contributed by atoms with Gasteiger partial charge in [-0.2, -0.15) is 0 Å². The van der Waals surface area contributed by atoms with E-state index in [1.54, 1.807) is 13.8 Å². The Morgan fingerprint density at radius 3 is 2.43 bits per heavy atom. The first kappa shape index (κ1) is 15.9. The van der Waals surface area contributed by atoms with Crippen LogP contribution in [0.5, 0.6) is 0 Å². The Kier molecular flexibility index (Phi) is 5.28.